The Morgan fingerprint density at radius 3 is 1.60 bits per heavy atom. The van der Waals surface area contributed by atoms with Crippen LogP contribution in [0.2, 0.25) is 0 Å². The van der Waals surface area contributed by atoms with Gasteiger partial charge in [-0.25, -0.2) is 29.9 Å². The molecule has 9 aromatic rings. The summed E-state index contributed by atoms with van der Waals surface area (Å²) in [6.07, 6.45) is 13.8. The number of allylic oxidation sites excluding steroid dienone is 3. The lowest BCUT2D eigenvalue weighted by atomic mass is 10.1. The molecule has 0 saturated carbocycles. The molecule has 10 rings (SSSR count). The van der Waals surface area contributed by atoms with E-state index in [1.807, 2.05) is 66.7 Å². The number of hydrogen-bond acceptors (Lipinski definition) is 6. The summed E-state index contributed by atoms with van der Waals surface area (Å²) in [6.45, 7) is 0. The number of hydrogen-bond donors (Lipinski definition) is 0. The van der Waals surface area contributed by atoms with E-state index in [9.17, 15) is 0 Å². The molecule has 0 spiro atoms. The van der Waals surface area contributed by atoms with E-state index in [1.165, 1.54) is 0 Å². The van der Waals surface area contributed by atoms with Gasteiger partial charge in [-0.15, -0.1) is 0 Å². The summed E-state index contributed by atoms with van der Waals surface area (Å²) in [5.41, 5.74) is 10.2. The highest BCUT2D eigenvalue weighted by Crippen LogP contribution is 2.36. The predicted octanol–water partition coefficient (Wildman–Crippen LogP) is 9.25. The van der Waals surface area contributed by atoms with Gasteiger partial charge in [-0.1, -0.05) is 72.8 Å². The van der Waals surface area contributed by atoms with E-state index in [0.29, 0.717) is 17.2 Å². The first-order valence-corrected chi connectivity index (χ1v) is 17.6. The molecule has 6 aromatic heterocycles. The Balaban J connectivity index is 1.30. The highest BCUT2D eigenvalue weighted by molar-refractivity contribution is 5.84. The van der Waals surface area contributed by atoms with Gasteiger partial charge in [0.05, 0.1) is 11.4 Å². The molecule has 0 fully saturated rings. The van der Waals surface area contributed by atoms with Crippen LogP contribution in [-0.4, -0.2) is 43.6 Å². The molecule has 0 N–H and O–H groups in total. The van der Waals surface area contributed by atoms with E-state index >= 15 is 0 Å². The number of aromatic nitrogens is 9. The fourth-order valence-electron chi connectivity index (χ4n) is 7.14. The average Bonchev–Trinajstić information content (AvgIpc) is 3.90. The van der Waals surface area contributed by atoms with Crippen LogP contribution < -0.4 is 0 Å². The van der Waals surface area contributed by atoms with Crippen LogP contribution in [0.3, 0.4) is 0 Å². The number of para-hydroxylation sites is 3. The Hall–Kier alpha value is -7.26. The van der Waals surface area contributed by atoms with Gasteiger partial charge in [0.2, 0.25) is 0 Å². The van der Waals surface area contributed by atoms with Gasteiger partial charge in [-0.2, -0.15) is 0 Å². The Labute approximate surface area is 305 Å². The molecule has 0 atom stereocenters. The van der Waals surface area contributed by atoms with E-state index in [2.05, 4.69) is 98.7 Å². The summed E-state index contributed by atoms with van der Waals surface area (Å²) in [5.74, 6) is 2.13. The number of nitrogens with zero attached hydrogens (tertiary/aromatic N) is 9. The zero-order valence-electron chi connectivity index (χ0n) is 28.5. The number of fused-ring (bicyclic) bond motifs is 3. The molecule has 3 aromatic carbocycles. The van der Waals surface area contributed by atoms with Gasteiger partial charge in [0.15, 0.2) is 22.9 Å². The summed E-state index contributed by atoms with van der Waals surface area (Å²) in [7, 11) is 0. The number of rotatable bonds is 6. The van der Waals surface area contributed by atoms with Crippen LogP contribution in [0.5, 0.6) is 0 Å². The molecule has 0 amide bonds. The number of imidazole rings is 3. The normalized spacial score (nSPS) is 12.6. The van der Waals surface area contributed by atoms with Crippen molar-refractivity contribution in [3.63, 3.8) is 0 Å². The number of benzene rings is 3. The monoisotopic (exact) mass is 685 g/mol. The summed E-state index contributed by atoms with van der Waals surface area (Å²) < 4.78 is 6.43. The SMILES string of the molecule is C1=CCCc2c(nc(-c3cc(-c4nc5cccnc5n4-c4ccccc4)cc(-c4nc5cccnc5n4-c4ccccc4)n3)n2-c2ccccc2)C=C1. The maximum Gasteiger partial charge on any atom is 0.165 e. The highest BCUT2D eigenvalue weighted by Gasteiger charge is 2.25. The van der Waals surface area contributed by atoms with E-state index in [0.717, 1.165) is 80.8 Å². The summed E-state index contributed by atoms with van der Waals surface area (Å²) >= 11 is 0. The fraction of sp³-hybridized carbons (Fsp3) is 0.0455. The van der Waals surface area contributed by atoms with Gasteiger partial charge in [0.1, 0.15) is 28.2 Å². The lowest BCUT2D eigenvalue weighted by Crippen LogP contribution is -2.06. The zero-order chi connectivity index (χ0) is 35.1. The third-order valence-electron chi connectivity index (χ3n) is 9.47. The highest BCUT2D eigenvalue weighted by atomic mass is 15.2. The van der Waals surface area contributed by atoms with Crippen LogP contribution in [0.15, 0.2) is 158 Å². The molecule has 1 aliphatic carbocycles. The first-order chi connectivity index (χ1) is 26.3. The largest absolute Gasteiger partial charge is 0.295 e. The first kappa shape index (κ1) is 30.6. The molecular formula is C44H31N9. The van der Waals surface area contributed by atoms with Crippen LogP contribution in [0.25, 0.3) is 79.9 Å². The van der Waals surface area contributed by atoms with Crippen LogP contribution in [0, 0.1) is 0 Å². The van der Waals surface area contributed by atoms with Crippen LogP contribution >= 0.6 is 0 Å². The van der Waals surface area contributed by atoms with Gasteiger partial charge in [0.25, 0.3) is 0 Å². The smallest absolute Gasteiger partial charge is 0.165 e. The van der Waals surface area contributed by atoms with Crippen molar-refractivity contribution in [3.8, 4) is 51.5 Å². The van der Waals surface area contributed by atoms with Crippen LogP contribution in [0.4, 0.5) is 0 Å². The maximum absolute atomic E-state index is 5.43. The standard InChI is InChI=1S/C44H31N9/c1-2-13-25-39-34(22-12-1)48-43(51(39)31-16-6-3-7-17-31)37-28-30(40-49-35-23-14-26-45-41(35)52(40)32-18-8-4-9-19-32)29-38(47-37)44-50-36-24-15-27-46-42(36)53(44)33-20-10-5-11-21-33/h1-12,14-24,26-29H,13,25H2. The Bertz CT molecular complexity index is 2690. The van der Waals surface area contributed by atoms with Crippen molar-refractivity contribution in [3.05, 3.63) is 169 Å². The lowest BCUT2D eigenvalue weighted by molar-refractivity contribution is 0.882. The summed E-state index contributed by atoms with van der Waals surface area (Å²) in [4.78, 5) is 30.7. The molecule has 9 nitrogen and oxygen atoms in total. The van der Waals surface area contributed by atoms with Crippen molar-refractivity contribution in [1.82, 2.24) is 43.6 Å². The fourth-order valence-corrected chi connectivity index (χ4v) is 7.14. The number of pyridine rings is 3. The van der Waals surface area contributed by atoms with E-state index in [1.54, 1.807) is 12.4 Å². The molecule has 252 valence electrons. The van der Waals surface area contributed by atoms with Gasteiger partial charge >= 0.3 is 0 Å². The molecule has 0 saturated heterocycles. The van der Waals surface area contributed by atoms with Crippen molar-refractivity contribution in [2.75, 3.05) is 0 Å². The predicted molar refractivity (Wildman–Crippen MR) is 209 cm³/mol. The Morgan fingerprint density at radius 2 is 1.00 bits per heavy atom. The molecule has 0 bridgehead atoms. The van der Waals surface area contributed by atoms with Crippen LogP contribution in [0.1, 0.15) is 17.8 Å². The second kappa shape index (κ2) is 12.8. The maximum atomic E-state index is 5.43. The molecule has 0 unspecified atom stereocenters. The molecule has 1 aliphatic rings. The summed E-state index contributed by atoms with van der Waals surface area (Å²) in [6, 6.07) is 42.8. The minimum absolute atomic E-state index is 0.659. The van der Waals surface area contributed by atoms with Gasteiger partial charge in [0, 0.05) is 35.0 Å². The topological polar surface area (TPSA) is 92.1 Å². The van der Waals surface area contributed by atoms with Gasteiger partial charge in [-0.05, 0) is 91.7 Å². The Morgan fingerprint density at radius 1 is 0.472 bits per heavy atom. The molecule has 0 radical (unpaired) electrons. The first-order valence-electron chi connectivity index (χ1n) is 17.6. The van der Waals surface area contributed by atoms with Crippen molar-refractivity contribution < 1.29 is 0 Å². The van der Waals surface area contributed by atoms with Crippen LogP contribution in [-0.2, 0) is 6.42 Å². The average molecular weight is 686 g/mol. The zero-order valence-corrected chi connectivity index (χ0v) is 28.5. The van der Waals surface area contributed by atoms with E-state index in [-0.39, 0.29) is 0 Å². The van der Waals surface area contributed by atoms with E-state index in [4.69, 9.17) is 29.9 Å². The molecule has 6 heterocycles. The van der Waals surface area contributed by atoms with Crippen molar-refractivity contribution >= 4 is 28.4 Å². The second-order valence-electron chi connectivity index (χ2n) is 12.8. The quantitative estimate of drug-likeness (QED) is 0.173. The van der Waals surface area contributed by atoms with Crippen molar-refractivity contribution in [2.45, 2.75) is 12.8 Å². The van der Waals surface area contributed by atoms with E-state index < -0.39 is 0 Å². The van der Waals surface area contributed by atoms with Crippen molar-refractivity contribution in [1.29, 1.82) is 0 Å². The minimum Gasteiger partial charge on any atom is -0.295 e. The third kappa shape index (κ3) is 5.34. The molecular weight excluding hydrogens is 655 g/mol. The molecule has 0 aliphatic heterocycles. The molecule has 9 heteroatoms. The minimum atomic E-state index is 0.659. The lowest BCUT2D eigenvalue weighted by Gasteiger charge is -2.15. The summed E-state index contributed by atoms with van der Waals surface area (Å²) in [5, 5.41) is 0. The van der Waals surface area contributed by atoms with Crippen molar-refractivity contribution in [2.24, 2.45) is 0 Å². The van der Waals surface area contributed by atoms with Gasteiger partial charge < -0.3 is 0 Å². The molecule has 53 heavy (non-hydrogen) atoms. The Kier molecular flexibility index (Phi) is 7.39. The third-order valence-corrected chi connectivity index (χ3v) is 9.47. The van der Waals surface area contributed by atoms with Gasteiger partial charge in [-0.3, -0.25) is 13.7 Å². The second-order valence-corrected chi connectivity index (χ2v) is 12.8.